The van der Waals surface area contributed by atoms with Crippen LogP contribution in [0.3, 0.4) is 0 Å². The molecule has 0 spiro atoms. The van der Waals surface area contributed by atoms with E-state index in [4.69, 9.17) is 0 Å². The summed E-state index contributed by atoms with van der Waals surface area (Å²) < 4.78 is 0. The Morgan fingerprint density at radius 3 is 2.64 bits per heavy atom. The van der Waals surface area contributed by atoms with Crippen LogP contribution in [-0.2, 0) is 4.79 Å². The highest BCUT2D eigenvalue weighted by Crippen LogP contribution is 1.90. The lowest BCUT2D eigenvalue weighted by molar-refractivity contribution is -0.114. The van der Waals surface area contributed by atoms with Crippen molar-refractivity contribution in [3.63, 3.8) is 0 Å². The van der Waals surface area contributed by atoms with Gasteiger partial charge in [0.1, 0.15) is 0 Å². The summed E-state index contributed by atoms with van der Waals surface area (Å²) in [5, 5.41) is 0. The van der Waals surface area contributed by atoms with Crippen LogP contribution in [0.4, 0.5) is 0 Å². The molecule has 0 aromatic rings. The van der Waals surface area contributed by atoms with Crippen molar-refractivity contribution in [2.24, 2.45) is 0 Å². The predicted molar refractivity (Wildman–Crippen MR) is 48.4 cm³/mol. The Bertz CT molecular complexity index is 175. The first kappa shape index (κ1) is 9.89. The molecule has 0 atom stereocenters. The van der Waals surface area contributed by atoms with E-state index in [1.54, 1.807) is 30.4 Å². The molecule has 0 amide bonds. The molecule has 60 valence electrons. The van der Waals surface area contributed by atoms with E-state index < -0.39 is 0 Å². The summed E-state index contributed by atoms with van der Waals surface area (Å²) in [5.41, 5.74) is 0. The third kappa shape index (κ3) is 6.78. The molecule has 1 nitrogen and oxygen atoms in total. The van der Waals surface area contributed by atoms with E-state index in [2.05, 4.69) is 6.58 Å². The molecule has 0 aliphatic rings. The third-order valence-corrected chi connectivity index (χ3v) is 1.14. The second-order valence-corrected chi connectivity index (χ2v) is 2.20. The van der Waals surface area contributed by atoms with Gasteiger partial charge in [-0.25, -0.2) is 0 Å². The lowest BCUT2D eigenvalue weighted by Gasteiger charge is -1.85. The zero-order valence-electron chi connectivity index (χ0n) is 6.92. The monoisotopic (exact) mass is 150 g/mol. The van der Waals surface area contributed by atoms with Crippen molar-refractivity contribution in [3.05, 3.63) is 37.0 Å². The maximum atomic E-state index is 10.9. The number of carbonyl (C=O) groups is 1. The van der Waals surface area contributed by atoms with Gasteiger partial charge >= 0.3 is 0 Å². The van der Waals surface area contributed by atoms with Gasteiger partial charge in [0.05, 0.1) is 0 Å². The molecule has 0 aromatic heterocycles. The largest absolute Gasteiger partial charge is 0.295 e. The Hall–Kier alpha value is -1.11. The van der Waals surface area contributed by atoms with Crippen LogP contribution in [0.2, 0.25) is 0 Å². The van der Waals surface area contributed by atoms with Gasteiger partial charge < -0.3 is 0 Å². The maximum Gasteiger partial charge on any atom is 0.155 e. The van der Waals surface area contributed by atoms with Gasteiger partial charge in [0.25, 0.3) is 0 Å². The first-order valence-electron chi connectivity index (χ1n) is 3.80. The normalized spacial score (nSPS) is 11.0. The number of allylic oxidation sites excluding steroid dienone is 5. The Morgan fingerprint density at radius 2 is 2.09 bits per heavy atom. The molecule has 0 aromatic carbocycles. The first-order chi connectivity index (χ1) is 5.31. The van der Waals surface area contributed by atoms with Gasteiger partial charge in [-0.2, -0.15) is 0 Å². The van der Waals surface area contributed by atoms with Gasteiger partial charge in [0, 0.05) is 6.42 Å². The molecule has 0 heterocycles. The predicted octanol–water partition coefficient (Wildman–Crippen LogP) is 2.65. The minimum atomic E-state index is 0.182. The molecule has 0 rings (SSSR count). The summed E-state index contributed by atoms with van der Waals surface area (Å²) in [7, 11) is 0. The summed E-state index contributed by atoms with van der Waals surface area (Å²) in [6.07, 6.45) is 10.1. The summed E-state index contributed by atoms with van der Waals surface area (Å²) in [6, 6.07) is 0. The van der Waals surface area contributed by atoms with Crippen LogP contribution >= 0.6 is 0 Å². The summed E-state index contributed by atoms with van der Waals surface area (Å²) in [5.74, 6) is 0.182. The molecule has 0 aliphatic heterocycles. The first-order valence-corrected chi connectivity index (χ1v) is 3.80. The van der Waals surface area contributed by atoms with Gasteiger partial charge in [0.15, 0.2) is 5.78 Å². The van der Waals surface area contributed by atoms with Crippen LogP contribution < -0.4 is 0 Å². The molecule has 11 heavy (non-hydrogen) atoms. The number of rotatable bonds is 5. The highest BCUT2D eigenvalue weighted by Gasteiger charge is 1.89. The van der Waals surface area contributed by atoms with Crippen molar-refractivity contribution in [1.82, 2.24) is 0 Å². The highest BCUT2D eigenvalue weighted by atomic mass is 16.1. The van der Waals surface area contributed by atoms with E-state index in [9.17, 15) is 4.79 Å². The lowest BCUT2D eigenvalue weighted by atomic mass is 10.2. The number of hydrogen-bond acceptors (Lipinski definition) is 1. The van der Waals surface area contributed by atoms with Gasteiger partial charge in [-0.3, -0.25) is 4.79 Å². The van der Waals surface area contributed by atoms with Crippen LogP contribution in [0.1, 0.15) is 19.8 Å². The van der Waals surface area contributed by atoms with Crippen LogP contribution in [-0.4, -0.2) is 5.78 Å². The topological polar surface area (TPSA) is 17.1 Å². The molecular weight excluding hydrogens is 136 g/mol. The van der Waals surface area contributed by atoms with Crippen molar-refractivity contribution < 1.29 is 4.79 Å². The molecule has 0 radical (unpaired) electrons. The quantitative estimate of drug-likeness (QED) is 0.435. The smallest absolute Gasteiger partial charge is 0.155 e. The zero-order valence-corrected chi connectivity index (χ0v) is 6.92. The molecular formula is C10H14O. The molecule has 0 aliphatic carbocycles. The summed E-state index contributed by atoms with van der Waals surface area (Å²) in [6.45, 7) is 5.50. The Kier molecular flexibility index (Phi) is 6.30. The van der Waals surface area contributed by atoms with Gasteiger partial charge in [-0.15, -0.1) is 0 Å². The van der Waals surface area contributed by atoms with Crippen molar-refractivity contribution in [3.8, 4) is 0 Å². The van der Waals surface area contributed by atoms with Crippen molar-refractivity contribution in [2.45, 2.75) is 19.8 Å². The molecule has 0 saturated heterocycles. The zero-order chi connectivity index (χ0) is 8.53. The summed E-state index contributed by atoms with van der Waals surface area (Å²) in [4.78, 5) is 10.9. The van der Waals surface area contributed by atoms with Crippen LogP contribution in [0.25, 0.3) is 0 Å². The van der Waals surface area contributed by atoms with E-state index in [0.717, 1.165) is 6.42 Å². The third-order valence-electron chi connectivity index (χ3n) is 1.14. The van der Waals surface area contributed by atoms with E-state index >= 15 is 0 Å². The molecule has 0 N–H and O–H groups in total. The van der Waals surface area contributed by atoms with Crippen LogP contribution in [0, 0.1) is 0 Å². The van der Waals surface area contributed by atoms with E-state index in [1.165, 1.54) is 0 Å². The standard InChI is InChI=1S/C10H14O/c1-3-5-6-7-9-10(11)8-4-2/h3,5-7,9H,1,4,8H2,2H3/b6-5+,9-7?. The van der Waals surface area contributed by atoms with Crippen molar-refractivity contribution >= 4 is 5.78 Å². The van der Waals surface area contributed by atoms with E-state index in [-0.39, 0.29) is 5.78 Å². The minimum absolute atomic E-state index is 0.182. The number of ketones is 1. The molecule has 0 unspecified atom stereocenters. The van der Waals surface area contributed by atoms with Crippen molar-refractivity contribution in [1.29, 1.82) is 0 Å². The highest BCUT2D eigenvalue weighted by molar-refractivity contribution is 5.89. The molecule has 0 saturated carbocycles. The minimum Gasteiger partial charge on any atom is -0.295 e. The fourth-order valence-electron chi connectivity index (χ4n) is 0.635. The molecule has 0 bridgehead atoms. The number of hydrogen-bond donors (Lipinski definition) is 0. The summed E-state index contributed by atoms with van der Waals surface area (Å²) >= 11 is 0. The van der Waals surface area contributed by atoms with Gasteiger partial charge in [-0.1, -0.05) is 37.8 Å². The fourth-order valence-corrected chi connectivity index (χ4v) is 0.635. The van der Waals surface area contributed by atoms with Crippen LogP contribution in [0.15, 0.2) is 37.0 Å². The Labute approximate surface area is 68.1 Å². The van der Waals surface area contributed by atoms with Gasteiger partial charge in [-0.05, 0) is 12.5 Å². The van der Waals surface area contributed by atoms with E-state index in [1.807, 2.05) is 6.92 Å². The number of carbonyl (C=O) groups excluding carboxylic acids is 1. The fraction of sp³-hybridized carbons (Fsp3) is 0.300. The maximum absolute atomic E-state index is 10.9. The van der Waals surface area contributed by atoms with Crippen molar-refractivity contribution in [2.75, 3.05) is 0 Å². The molecule has 0 fully saturated rings. The Balaban J connectivity index is 3.64. The lowest BCUT2D eigenvalue weighted by Crippen LogP contribution is -1.88. The average molecular weight is 150 g/mol. The Morgan fingerprint density at radius 1 is 1.36 bits per heavy atom. The van der Waals surface area contributed by atoms with Crippen LogP contribution in [0.5, 0.6) is 0 Å². The average Bonchev–Trinajstić information content (AvgIpc) is 1.99. The van der Waals surface area contributed by atoms with Gasteiger partial charge in [0.2, 0.25) is 0 Å². The SMILES string of the molecule is C=C/C=C/C=CC(=O)CCC. The van der Waals surface area contributed by atoms with E-state index in [0.29, 0.717) is 6.42 Å². The molecule has 1 heteroatoms. The second kappa shape index (κ2) is 7.00. The second-order valence-electron chi connectivity index (χ2n) is 2.20.